The molecule has 10 heteroatoms. The topological polar surface area (TPSA) is 119 Å². The zero-order valence-corrected chi connectivity index (χ0v) is 13.9. The van der Waals surface area contributed by atoms with Crippen LogP contribution in [0.1, 0.15) is 11.5 Å². The predicted octanol–water partition coefficient (Wildman–Crippen LogP) is 2.15. The molecule has 0 bridgehead atoms. The van der Waals surface area contributed by atoms with E-state index >= 15 is 0 Å². The van der Waals surface area contributed by atoms with E-state index in [2.05, 4.69) is 9.47 Å². The summed E-state index contributed by atoms with van der Waals surface area (Å²) in [6.07, 6.45) is 2.09. The van der Waals surface area contributed by atoms with Crippen molar-refractivity contribution in [3.63, 3.8) is 0 Å². The molecule has 0 fully saturated rings. The number of ether oxygens (including phenoxy) is 2. The Hall–Kier alpha value is -2.91. The lowest BCUT2D eigenvalue weighted by molar-refractivity contribution is -0.384. The first-order chi connectivity index (χ1) is 11.8. The fourth-order valence-electron chi connectivity index (χ4n) is 2.42. The van der Waals surface area contributed by atoms with Crippen LogP contribution in [-0.2, 0) is 19.1 Å². The minimum Gasteiger partial charge on any atom is -0.466 e. The Balaban J connectivity index is 2.66. The number of nitro groups is 1. The highest BCUT2D eigenvalue weighted by molar-refractivity contribution is 6.32. The summed E-state index contributed by atoms with van der Waals surface area (Å²) in [5.41, 5.74) is -0.370. The lowest BCUT2D eigenvalue weighted by Crippen LogP contribution is -2.27. The van der Waals surface area contributed by atoms with Crippen LogP contribution in [0.5, 0.6) is 0 Å². The van der Waals surface area contributed by atoms with E-state index < -0.39 is 22.8 Å². The van der Waals surface area contributed by atoms with Crippen molar-refractivity contribution in [1.82, 2.24) is 5.06 Å². The quantitative estimate of drug-likeness (QED) is 0.487. The number of esters is 2. The van der Waals surface area contributed by atoms with Gasteiger partial charge in [-0.2, -0.15) is 0 Å². The van der Waals surface area contributed by atoms with Crippen molar-refractivity contribution in [2.45, 2.75) is 5.92 Å². The van der Waals surface area contributed by atoms with Gasteiger partial charge in [-0.3, -0.25) is 15.3 Å². The number of hydroxylamine groups is 2. The maximum absolute atomic E-state index is 12.1. The Bertz CT molecular complexity index is 769. The van der Waals surface area contributed by atoms with Gasteiger partial charge >= 0.3 is 11.9 Å². The maximum atomic E-state index is 12.1. The number of hydrogen-bond acceptors (Lipinski definition) is 8. The van der Waals surface area contributed by atoms with Crippen molar-refractivity contribution in [2.24, 2.45) is 0 Å². The molecule has 0 spiro atoms. The van der Waals surface area contributed by atoms with E-state index in [-0.39, 0.29) is 27.4 Å². The Morgan fingerprint density at radius 1 is 1.20 bits per heavy atom. The maximum Gasteiger partial charge on any atom is 0.336 e. The smallest absolute Gasteiger partial charge is 0.336 e. The normalized spacial score (nSPS) is 14.5. The number of hydrogen-bond donors (Lipinski definition) is 1. The molecule has 0 saturated carbocycles. The average Bonchev–Trinajstić information content (AvgIpc) is 2.59. The van der Waals surface area contributed by atoms with Gasteiger partial charge < -0.3 is 9.47 Å². The molecule has 0 aliphatic carbocycles. The second kappa shape index (κ2) is 7.32. The Labute approximate surface area is 146 Å². The molecule has 1 heterocycles. The number of benzene rings is 1. The van der Waals surface area contributed by atoms with Crippen LogP contribution in [0.4, 0.5) is 5.69 Å². The SMILES string of the molecule is COC(=O)C1=CN(O)C=C(C(=O)OC)C1c1ccc(Cl)c([N+](=O)[O-])c1. The number of nitro benzene ring substituents is 1. The van der Waals surface area contributed by atoms with E-state index in [0.717, 1.165) is 32.7 Å². The van der Waals surface area contributed by atoms with Gasteiger partial charge in [0.2, 0.25) is 0 Å². The second-order valence-corrected chi connectivity index (χ2v) is 5.34. The molecule has 9 nitrogen and oxygen atoms in total. The van der Waals surface area contributed by atoms with Crippen LogP contribution in [0.15, 0.2) is 41.7 Å². The third kappa shape index (κ3) is 3.62. The molecule has 1 aromatic rings. The molecule has 0 radical (unpaired) electrons. The summed E-state index contributed by atoms with van der Waals surface area (Å²) in [6, 6.07) is 3.86. The summed E-state index contributed by atoms with van der Waals surface area (Å²) < 4.78 is 9.34. The number of methoxy groups -OCH3 is 2. The van der Waals surface area contributed by atoms with Crippen LogP contribution in [0.3, 0.4) is 0 Å². The molecule has 0 unspecified atom stereocenters. The fourth-order valence-corrected chi connectivity index (χ4v) is 2.61. The van der Waals surface area contributed by atoms with E-state index in [1.807, 2.05) is 0 Å². The summed E-state index contributed by atoms with van der Waals surface area (Å²) in [5, 5.41) is 21.3. The Morgan fingerprint density at radius 2 is 1.72 bits per heavy atom. The minimum absolute atomic E-state index is 0.0967. The van der Waals surface area contributed by atoms with Crippen LogP contribution in [0, 0.1) is 10.1 Å². The minimum atomic E-state index is -1.04. The van der Waals surface area contributed by atoms with Crippen molar-refractivity contribution >= 4 is 29.2 Å². The number of rotatable bonds is 4. The van der Waals surface area contributed by atoms with Gasteiger partial charge in [-0.05, 0) is 11.6 Å². The molecule has 0 aromatic heterocycles. The molecule has 1 aromatic carbocycles. The monoisotopic (exact) mass is 368 g/mol. The molecular formula is C15H13ClN2O7. The average molecular weight is 369 g/mol. The van der Waals surface area contributed by atoms with Crippen LogP contribution in [-0.4, -0.2) is 41.4 Å². The third-order valence-electron chi connectivity index (χ3n) is 3.51. The van der Waals surface area contributed by atoms with Crippen LogP contribution in [0.2, 0.25) is 5.02 Å². The summed E-state index contributed by atoms with van der Waals surface area (Å²) in [4.78, 5) is 34.6. The van der Waals surface area contributed by atoms with E-state index in [9.17, 15) is 24.9 Å². The number of carbonyl (C=O) groups excluding carboxylic acids is 2. The van der Waals surface area contributed by atoms with E-state index in [0.29, 0.717) is 5.06 Å². The lowest BCUT2D eigenvalue weighted by atomic mass is 9.83. The van der Waals surface area contributed by atoms with E-state index in [4.69, 9.17) is 11.6 Å². The van der Waals surface area contributed by atoms with Gasteiger partial charge in [-0.25, -0.2) is 14.7 Å². The summed E-state index contributed by atoms with van der Waals surface area (Å²) >= 11 is 5.80. The number of halogens is 1. The van der Waals surface area contributed by atoms with Gasteiger partial charge in [0, 0.05) is 18.5 Å². The predicted molar refractivity (Wildman–Crippen MR) is 84.7 cm³/mol. The van der Waals surface area contributed by atoms with Crippen molar-refractivity contribution in [1.29, 1.82) is 0 Å². The van der Waals surface area contributed by atoms with Gasteiger partial charge in [0.15, 0.2) is 0 Å². The van der Waals surface area contributed by atoms with Gasteiger partial charge in [0.25, 0.3) is 5.69 Å². The summed E-state index contributed by atoms with van der Waals surface area (Å²) in [5.74, 6) is -2.69. The van der Waals surface area contributed by atoms with Crippen molar-refractivity contribution in [3.05, 3.63) is 62.4 Å². The molecule has 2 rings (SSSR count). The molecule has 0 saturated heterocycles. The second-order valence-electron chi connectivity index (χ2n) is 4.93. The Morgan fingerprint density at radius 3 is 2.16 bits per heavy atom. The molecule has 1 aliphatic rings. The fraction of sp³-hybridized carbons (Fsp3) is 0.200. The van der Waals surface area contributed by atoms with Crippen molar-refractivity contribution in [3.8, 4) is 0 Å². The highest BCUT2D eigenvalue weighted by Crippen LogP contribution is 2.39. The van der Waals surface area contributed by atoms with Gasteiger partial charge in [0.1, 0.15) is 5.02 Å². The first-order valence-electron chi connectivity index (χ1n) is 6.81. The zero-order valence-electron chi connectivity index (χ0n) is 13.1. The molecule has 1 aliphatic heterocycles. The molecule has 1 N–H and O–H groups in total. The Kier molecular flexibility index (Phi) is 5.40. The number of nitrogens with zero attached hydrogens (tertiary/aromatic N) is 2. The van der Waals surface area contributed by atoms with Gasteiger partial charge in [-0.15, -0.1) is 0 Å². The number of carbonyl (C=O) groups is 2. The van der Waals surface area contributed by atoms with Gasteiger partial charge in [0.05, 0.1) is 36.2 Å². The first kappa shape index (κ1) is 18.4. The van der Waals surface area contributed by atoms with Crippen LogP contribution in [0.25, 0.3) is 0 Å². The highest BCUT2D eigenvalue weighted by Gasteiger charge is 2.36. The highest BCUT2D eigenvalue weighted by atomic mass is 35.5. The zero-order chi connectivity index (χ0) is 18.7. The van der Waals surface area contributed by atoms with Crippen LogP contribution < -0.4 is 0 Å². The van der Waals surface area contributed by atoms with E-state index in [1.165, 1.54) is 12.1 Å². The van der Waals surface area contributed by atoms with Crippen LogP contribution >= 0.6 is 11.6 Å². The molecule has 25 heavy (non-hydrogen) atoms. The standard InChI is InChI=1S/C15H13ClN2O7/c1-24-14(19)9-6-17(21)7-10(15(20)25-2)13(9)8-3-4-11(16)12(5-8)18(22)23/h3-7,13,21H,1-2H3. The first-order valence-corrected chi connectivity index (χ1v) is 7.19. The van der Waals surface area contributed by atoms with Gasteiger partial charge in [-0.1, -0.05) is 17.7 Å². The van der Waals surface area contributed by atoms with Crippen molar-refractivity contribution < 1.29 is 29.2 Å². The third-order valence-corrected chi connectivity index (χ3v) is 3.83. The summed E-state index contributed by atoms with van der Waals surface area (Å²) in [7, 11) is 2.25. The molecule has 0 amide bonds. The molecular weight excluding hydrogens is 356 g/mol. The summed E-state index contributed by atoms with van der Waals surface area (Å²) in [6.45, 7) is 0. The molecule has 132 valence electrons. The van der Waals surface area contributed by atoms with Crippen molar-refractivity contribution in [2.75, 3.05) is 14.2 Å². The lowest BCUT2D eigenvalue weighted by Gasteiger charge is -2.26. The molecule has 0 atom stereocenters. The van der Waals surface area contributed by atoms with E-state index in [1.54, 1.807) is 0 Å². The largest absolute Gasteiger partial charge is 0.466 e.